The molecular weight excluding hydrogens is 274 g/mol. The molecule has 0 N–H and O–H groups in total. The molecule has 0 radical (unpaired) electrons. The Balaban J connectivity index is 2.65. The summed E-state index contributed by atoms with van der Waals surface area (Å²) in [5.41, 5.74) is 1.61. The number of pyridine rings is 1. The number of hydrogen-bond donors (Lipinski definition) is 0. The van der Waals surface area contributed by atoms with Crippen LogP contribution in [0, 0.1) is 0 Å². The highest BCUT2D eigenvalue weighted by molar-refractivity contribution is 7.90. The molecular formula is C15H17NO3S. The van der Waals surface area contributed by atoms with Crippen LogP contribution in [0.5, 0.6) is 0 Å². The van der Waals surface area contributed by atoms with Crippen molar-refractivity contribution in [3.8, 4) is 11.1 Å². The van der Waals surface area contributed by atoms with E-state index in [1.54, 1.807) is 26.2 Å². The van der Waals surface area contributed by atoms with Crippen molar-refractivity contribution >= 4 is 9.84 Å². The third-order valence-corrected chi connectivity index (χ3v) is 4.87. The van der Waals surface area contributed by atoms with E-state index in [0.717, 1.165) is 5.56 Å². The number of sulfone groups is 1. The van der Waals surface area contributed by atoms with Gasteiger partial charge in [-0.2, -0.15) is 0 Å². The molecule has 1 aromatic heterocycles. The molecule has 2 rings (SSSR count). The zero-order valence-corrected chi connectivity index (χ0v) is 12.4. The topological polar surface area (TPSA) is 56.1 Å². The van der Waals surface area contributed by atoms with E-state index in [-0.39, 0.29) is 17.1 Å². The summed E-state index contributed by atoms with van der Waals surface area (Å²) < 4.78 is 25.1. The second-order valence-electron chi connectivity index (χ2n) is 4.67. The van der Waals surface area contributed by atoms with Gasteiger partial charge in [0.15, 0.2) is 9.84 Å². The Bertz CT molecular complexity index is 761. The van der Waals surface area contributed by atoms with Crippen LogP contribution in [0.15, 0.2) is 47.4 Å². The Labute approximate surface area is 118 Å². The maximum atomic E-state index is 12.3. The molecule has 5 heteroatoms. The normalized spacial score (nSPS) is 11.5. The van der Waals surface area contributed by atoms with Gasteiger partial charge >= 0.3 is 0 Å². The first-order chi connectivity index (χ1) is 9.44. The van der Waals surface area contributed by atoms with Gasteiger partial charge in [0.2, 0.25) is 0 Å². The van der Waals surface area contributed by atoms with Gasteiger partial charge in [-0.1, -0.05) is 37.3 Å². The quantitative estimate of drug-likeness (QED) is 0.865. The number of rotatable bonds is 4. The van der Waals surface area contributed by atoms with Gasteiger partial charge in [-0.3, -0.25) is 4.79 Å². The Kier molecular flexibility index (Phi) is 4.09. The van der Waals surface area contributed by atoms with Crippen molar-refractivity contribution in [2.24, 2.45) is 7.05 Å². The lowest BCUT2D eigenvalue weighted by molar-refractivity contribution is 0.596. The van der Waals surface area contributed by atoms with Crippen LogP contribution in [-0.2, 0) is 22.6 Å². The Morgan fingerprint density at radius 2 is 1.75 bits per heavy atom. The van der Waals surface area contributed by atoms with E-state index in [1.165, 1.54) is 4.57 Å². The maximum Gasteiger partial charge on any atom is 0.255 e. The molecule has 0 saturated heterocycles. The van der Waals surface area contributed by atoms with Crippen molar-refractivity contribution in [3.05, 3.63) is 58.5 Å². The zero-order chi connectivity index (χ0) is 14.8. The van der Waals surface area contributed by atoms with E-state index in [9.17, 15) is 13.2 Å². The number of benzene rings is 1. The van der Waals surface area contributed by atoms with Crippen LogP contribution in [0.25, 0.3) is 11.1 Å². The Morgan fingerprint density at radius 3 is 2.35 bits per heavy atom. The fourth-order valence-electron chi connectivity index (χ4n) is 2.03. The molecule has 20 heavy (non-hydrogen) atoms. The van der Waals surface area contributed by atoms with Crippen LogP contribution in [0.2, 0.25) is 0 Å². The summed E-state index contributed by atoms with van der Waals surface area (Å²) in [4.78, 5) is 12.3. The highest BCUT2D eigenvalue weighted by Crippen LogP contribution is 2.22. The lowest BCUT2D eigenvalue weighted by atomic mass is 10.0. The van der Waals surface area contributed by atoms with Gasteiger partial charge in [-0.15, -0.1) is 0 Å². The minimum atomic E-state index is -3.26. The van der Waals surface area contributed by atoms with Crippen LogP contribution >= 0.6 is 0 Å². The predicted molar refractivity (Wildman–Crippen MR) is 80.3 cm³/mol. The highest BCUT2D eigenvalue weighted by atomic mass is 32.2. The number of hydrogen-bond acceptors (Lipinski definition) is 3. The smallest absolute Gasteiger partial charge is 0.255 e. The van der Waals surface area contributed by atoms with Crippen LogP contribution < -0.4 is 5.56 Å². The maximum absolute atomic E-state index is 12.3. The average molecular weight is 291 g/mol. The fourth-order valence-corrected chi connectivity index (χ4v) is 2.96. The first-order valence-electron chi connectivity index (χ1n) is 6.39. The van der Waals surface area contributed by atoms with Gasteiger partial charge < -0.3 is 4.57 Å². The average Bonchev–Trinajstić information content (AvgIpc) is 2.45. The van der Waals surface area contributed by atoms with Gasteiger partial charge in [-0.25, -0.2) is 8.42 Å². The van der Waals surface area contributed by atoms with Gasteiger partial charge in [0.1, 0.15) is 0 Å². The molecule has 0 fully saturated rings. The molecule has 2 aromatic rings. The molecule has 0 spiro atoms. The van der Waals surface area contributed by atoms with Crippen molar-refractivity contribution in [3.63, 3.8) is 0 Å². The third kappa shape index (κ3) is 2.99. The Morgan fingerprint density at radius 1 is 1.10 bits per heavy atom. The lowest BCUT2D eigenvalue weighted by Crippen LogP contribution is -2.24. The molecule has 4 nitrogen and oxygen atoms in total. The highest BCUT2D eigenvalue weighted by Gasteiger charge is 2.17. The summed E-state index contributed by atoms with van der Waals surface area (Å²) in [6, 6.07) is 11.1. The van der Waals surface area contributed by atoms with E-state index >= 15 is 0 Å². The monoisotopic (exact) mass is 291 g/mol. The summed E-state index contributed by atoms with van der Waals surface area (Å²) in [6.07, 6.45) is 1.66. The molecule has 1 heterocycles. The molecule has 0 aliphatic rings. The standard InChI is InChI=1S/C15H17NO3S/c1-3-20(18,19)11-14-13(9-10-16(2)15(14)17)12-7-5-4-6-8-12/h4-10H,3,11H2,1-2H3. The second kappa shape index (κ2) is 5.63. The lowest BCUT2D eigenvalue weighted by Gasteiger charge is -2.11. The number of aromatic nitrogens is 1. The molecule has 0 bridgehead atoms. The van der Waals surface area contributed by atoms with Gasteiger partial charge in [0.25, 0.3) is 5.56 Å². The summed E-state index contributed by atoms with van der Waals surface area (Å²) in [6.45, 7) is 1.59. The first-order valence-corrected chi connectivity index (χ1v) is 8.21. The van der Waals surface area contributed by atoms with E-state index in [2.05, 4.69) is 0 Å². The number of aryl methyl sites for hydroxylation is 1. The van der Waals surface area contributed by atoms with Crippen molar-refractivity contribution < 1.29 is 8.42 Å². The van der Waals surface area contributed by atoms with E-state index < -0.39 is 9.84 Å². The molecule has 0 aliphatic carbocycles. The van der Waals surface area contributed by atoms with Crippen molar-refractivity contribution in [2.75, 3.05) is 5.75 Å². The molecule has 1 aromatic carbocycles. The van der Waals surface area contributed by atoms with Crippen LogP contribution in [0.3, 0.4) is 0 Å². The largest absolute Gasteiger partial charge is 0.318 e. The number of nitrogens with zero attached hydrogens (tertiary/aromatic N) is 1. The van der Waals surface area contributed by atoms with Crippen molar-refractivity contribution in [2.45, 2.75) is 12.7 Å². The minimum absolute atomic E-state index is 0.0271. The van der Waals surface area contributed by atoms with E-state index in [0.29, 0.717) is 11.1 Å². The molecule has 0 atom stereocenters. The van der Waals surface area contributed by atoms with Crippen molar-refractivity contribution in [1.82, 2.24) is 4.57 Å². The summed E-state index contributed by atoms with van der Waals surface area (Å²) >= 11 is 0. The summed E-state index contributed by atoms with van der Waals surface area (Å²) in [5.74, 6) is -0.194. The van der Waals surface area contributed by atoms with Gasteiger partial charge in [0.05, 0.1) is 5.75 Å². The van der Waals surface area contributed by atoms with Crippen LogP contribution in [-0.4, -0.2) is 18.7 Å². The molecule has 0 saturated carbocycles. The fraction of sp³-hybridized carbons (Fsp3) is 0.267. The zero-order valence-electron chi connectivity index (χ0n) is 11.5. The second-order valence-corrected chi connectivity index (χ2v) is 7.02. The van der Waals surface area contributed by atoms with E-state index in [1.807, 2.05) is 30.3 Å². The minimum Gasteiger partial charge on any atom is -0.318 e. The summed E-state index contributed by atoms with van der Waals surface area (Å²) in [5, 5.41) is 0. The first kappa shape index (κ1) is 14.5. The predicted octanol–water partition coefficient (Wildman–Crippen LogP) is 1.99. The SMILES string of the molecule is CCS(=O)(=O)Cc1c(-c2ccccc2)ccn(C)c1=O. The van der Waals surface area contributed by atoms with Gasteiger partial charge in [0, 0.05) is 24.6 Å². The van der Waals surface area contributed by atoms with E-state index in [4.69, 9.17) is 0 Å². The van der Waals surface area contributed by atoms with Crippen molar-refractivity contribution in [1.29, 1.82) is 0 Å². The molecule has 0 unspecified atom stereocenters. The molecule has 0 aliphatic heterocycles. The molecule has 0 amide bonds. The summed E-state index contributed by atoms with van der Waals surface area (Å²) in [7, 11) is -1.63. The molecule has 106 valence electrons. The van der Waals surface area contributed by atoms with Crippen LogP contribution in [0.1, 0.15) is 12.5 Å². The Hall–Kier alpha value is -1.88. The third-order valence-electron chi connectivity index (χ3n) is 3.26. The van der Waals surface area contributed by atoms with Crippen LogP contribution in [0.4, 0.5) is 0 Å². The van der Waals surface area contributed by atoms with Gasteiger partial charge in [-0.05, 0) is 17.2 Å².